The number of carboxylic acids is 1. The fourth-order valence-corrected chi connectivity index (χ4v) is 4.18. The number of carbonyl (C=O) groups excluding carboxylic acids is 1. The van der Waals surface area contributed by atoms with Crippen molar-refractivity contribution >= 4 is 28.0 Å². The van der Waals surface area contributed by atoms with Crippen molar-refractivity contribution in [3.63, 3.8) is 0 Å². The minimum absolute atomic E-state index is 0.0605. The molecular weight excluding hydrogens is 450 g/mol. The Morgan fingerprint density at radius 2 is 1.57 bits per heavy atom. The molecule has 0 radical (unpaired) electrons. The molecule has 0 heterocycles. The number of amides is 1. The monoisotopic (exact) mass is 467 g/mol. The highest BCUT2D eigenvalue weighted by molar-refractivity contribution is 9.10. The van der Waals surface area contributed by atoms with Gasteiger partial charge in [0.05, 0.1) is 4.47 Å². The molecule has 3 aromatic carbocycles. The summed E-state index contributed by atoms with van der Waals surface area (Å²) in [6.45, 7) is 0.0661. The Morgan fingerprint density at radius 3 is 2.17 bits per heavy atom. The van der Waals surface area contributed by atoms with Gasteiger partial charge < -0.3 is 20.3 Å². The lowest BCUT2D eigenvalue weighted by Crippen LogP contribution is -2.35. The van der Waals surface area contributed by atoms with Gasteiger partial charge in [-0.15, -0.1) is 0 Å². The second kappa shape index (κ2) is 8.20. The maximum absolute atomic E-state index is 12.4. The number of carboxylic acid groups (broad SMARTS) is 1. The highest BCUT2D eigenvalue weighted by Gasteiger charge is 2.30. The zero-order valence-corrected chi connectivity index (χ0v) is 17.3. The molecule has 0 fully saturated rings. The van der Waals surface area contributed by atoms with Crippen LogP contribution in [0.1, 0.15) is 28.7 Å². The zero-order chi connectivity index (χ0) is 21.3. The Labute approximate surface area is 181 Å². The van der Waals surface area contributed by atoms with Crippen LogP contribution in [-0.2, 0) is 9.53 Å². The Kier molecular flexibility index (Phi) is 5.46. The third kappa shape index (κ3) is 3.64. The molecule has 0 spiro atoms. The predicted octanol–water partition coefficient (Wildman–Crippen LogP) is 4.82. The minimum Gasteiger partial charge on any atom is -0.506 e. The quantitative estimate of drug-likeness (QED) is 0.499. The van der Waals surface area contributed by atoms with Crippen LogP contribution in [0.2, 0.25) is 0 Å². The van der Waals surface area contributed by atoms with Crippen LogP contribution >= 0.6 is 15.9 Å². The molecule has 0 bridgehead atoms. The number of phenols is 1. The second-order valence-electron chi connectivity index (χ2n) is 6.92. The predicted molar refractivity (Wildman–Crippen MR) is 114 cm³/mol. The van der Waals surface area contributed by atoms with Crippen molar-refractivity contribution in [2.75, 3.05) is 6.61 Å². The number of nitrogens with one attached hydrogen (secondary N) is 1. The molecule has 3 N–H and O–H groups in total. The van der Waals surface area contributed by atoms with Gasteiger partial charge in [-0.2, -0.15) is 0 Å². The number of phenolic OH excluding ortho intramolecular Hbond substituents is 1. The van der Waals surface area contributed by atoms with Gasteiger partial charge in [0.1, 0.15) is 12.4 Å². The number of halogens is 1. The SMILES string of the molecule is O=C(NC(C(=O)O)c1cccc(Br)c1O)OCC1c2ccccc2-c2ccccc21. The van der Waals surface area contributed by atoms with Crippen LogP contribution in [0.25, 0.3) is 11.1 Å². The second-order valence-corrected chi connectivity index (χ2v) is 7.77. The first-order chi connectivity index (χ1) is 14.5. The smallest absolute Gasteiger partial charge is 0.408 e. The highest BCUT2D eigenvalue weighted by atomic mass is 79.9. The Bertz CT molecular complexity index is 1080. The van der Waals surface area contributed by atoms with Gasteiger partial charge in [0.15, 0.2) is 6.04 Å². The van der Waals surface area contributed by atoms with Crippen molar-refractivity contribution in [2.45, 2.75) is 12.0 Å². The van der Waals surface area contributed by atoms with Gasteiger partial charge in [-0.1, -0.05) is 60.7 Å². The number of aromatic hydroxyl groups is 1. The fourth-order valence-electron chi connectivity index (χ4n) is 3.80. The lowest BCUT2D eigenvalue weighted by molar-refractivity contribution is -0.139. The van der Waals surface area contributed by atoms with E-state index in [1.165, 1.54) is 6.07 Å². The van der Waals surface area contributed by atoms with Crippen molar-refractivity contribution in [1.82, 2.24) is 5.32 Å². The lowest BCUT2D eigenvalue weighted by atomic mass is 9.98. The van der Waals surface area contributed by atoms with E-state index in [1.54, 1.807) is 12.1 Å². The van der Waals surface area contributed by atoms with Crippen molar-refractivity contribution in [1.29, 1.82) is 0 Å². The van der Waals surface area contributed by atoms with E-state index in [0.29, 0.717) is 4.47 Å². The van der Waals surface area contributed by atoms with Gasteiger partial charge in [-0.25, -0.2) is 9.59 Å². The average Bonchev–Trinajstić information content (AvgIpc) is 3.06. The lowest BCUT2D eigenvalue weighted by Gasteiger charge is -2.18. The van der Waals surface area contributed by atoms with E-state index < -0.39 is 18.1 Å². The largest absolute Gasteiger partial charge is 0.506 e. The molecule has 152 valence electrons. The summed E-state index contributed by atoms with van der Waals surface area (Å²) in [6, 6.07) is 19.0. The number of ether oxygens (including phenoxy) is 1. The number of para-hydroxylation sites is 1. The summed E-state index contributed by atoms with van der Waals surface area (Å²) in [5.41, 5.74) is 4.39. The molecule has 0 aromatic heterocycles. The number of rotatable bonds is 5. The number of alkyl carbamates (subject to hydrolysis) is 1. The van der Waals surface area contributed by atoms with E-state index >= 15 is 0 Å². The number of fused-ring (bicyclic) bond motifs is 3. The summed E-state index contributed by atoms with van der Waals surface area (Å²) in [6.07, 6.45) is -0.872. The number of carbonyl (C=O) groups is 2. The van der Waals surface area contributed by atoms with Gasteiger partial charge >= 0.3 is 12.1 Å². The van der Waals surface area contributed by atoms with Crippen molar-refractivity contribution < 1.29 is 24.5 Å². The summed E-state index contributed by atoms with van der Waals surface area (Å²) in [5, 5.41) is 22.0. The van der Waals surface area contributed by atoms with E-state index in [0.717, 1.165) is 22.3 Å². The van der Waals surface area contributed by atoms with Gasteiger partial charge in [0.25, 0.3) is 0 Å². The molecule has 1 aliphatic rings. The highest BCUT2D eigenvalue weighted by Crippen LogP contribution is 2.44. The number of hydrogen-bond donors (Lipinski definition) is 3. The molecule has 3 aromatic rings. The zero-order valence-electron chi connectivity index (χ0n) is 15.7. The Hall–Kier alpha value is -3.32. The summed E-state index contributed by atoms with van der Waals surface area (Å²) < 4.78 is 5.74. The molecule has 1 unspecified atom stereocenters. The van der Waals surface area contributed by atoms with Gasteiger partial charge in [0, 0.05) is 11.5 Å². The number of benzene rings is 3. The molecular formula is C23H18BrNO5. The number of hydrogen-bond acceptors (Lipinski definition) is 4. The maximum Gasteiger partial charge on any atom is 0.408 e. The van der Waals surface area contributed by atoms with Crippen LogP contribution in [0.5, 0.6) is 5.75 Å². The van der Waals surface area contributed by atoms with Crippen LogP contribution in [0.4, 0.5) is 4.79 Å². The molecule has 1 amide bonds. The maximum atomic E-state index is 12.4. The summed E-state index contributed by atoms with van der Waals surface area (Å²) in [7, 11) is 0. The molecule has 0 saturated heterocycles. The van der Waals surface area contributed by atoms with Gasteiger partial charge in [-0.3, -0.25) is 0 Å². The molecule has 1 atom stereocenters. The first kappa shape index (κ1) is 20.0. The van der Waals surface area contributed by atoms with Crippen LogP contribution in [0.15, 0.2) is 71.2 Å². The third-order valence-electron chi connectivity index (χ3n) is 5.18. The first-order valence-corrected chi connectivity index (χ1v) is 10.1. The van der Waals surface area contributed by atoms with Crippen molar-refractivity contribution in [3.8, 4) is 16.9 Å². The van der Waals surface area contributed by atoms with E-state index in [4.69, 9.17) is 4.74 Å². The van der Waals surface area contributed by atoms with Crippen LogP contribution < -0.4 is 5.32 Å². The Morgan fingerprint density at radius 1 is 0.967 bits per heavy atom. The fraction of sp³-hybridized carbons (Fsp3) is 0.130. The summed E-state index contributed by atoms with van der Waals surface area (Å²) in [4.78, 5) is 24.1. The van der Waals surface area contributed by atoms with E-state index in [2.05, 4.69) is 21.2 Å². The van der Waals surface area contributed by atoms with Crippen LogP contribution in [0.3, 0.4) is 0 Å². The first-order valence-electron chi connectivity index (χ1n) is 9.29. The van der Waals surface area contributed by atoms with Gasteiger partial charge in [-0.05, 0) is 44.3 Å². The average molecular weight is 468 g/mol. The van der Waals surface area contributed by atoms with Gasteiger partial charge in [0.2, 0.25) is 0 Å². The molecule has 30 heavy (non-hydrogen) atoms. The third-order valence-corrected chi connectivity index (χ3v) is 5.82. The summed E-state index contributed by atoms with van der Waals surface area (Å²) in [5.74, 6) is -1.69. The molecule has 4 rings (SSSR count). The topological polar surface area (TPSA) is 95.9 Å². The van der Waals surface area contributed by atoms with E-state index in [9.17, 15) is 19.8 Å². The minimum atomic E-state index is -1.45. The molecule has 1 aliphatic carbocycles. The molecule has 7 heteroatoms. The van der Waals surface area contributed by atoms with E-state index in [-0.39, 0.29) is 23.8 Å². The number of aliphatic carboxylic acids is 1. The van der Waals surface area contributed by atoms with Crippen molar-refractivity contribution in [3.05, 3.63) is 87.9 Å². The van der Waals surface area contributed by atoms with E-state index in [1.807, 2.05) is 48.5 Å². The molecule has 0 aliphatic heterocycles. The normalized spacial score (nSPS) is 13.2. The summed E-state index contributed by atoms with van der Waals surface area (Å²) >= 11 is 3.15. The Balaban J connectivity index is 1.51. The van der Waals surface area contributed by atoms with Crippen LogP contribution in [0, 0.1) is 0 Å². The molecule has 6 nitrogen and oxygen atoms in total. The van der Waals surface area contributed by atoms with Crippen molar-refractivity contribution in [2.24, 2.45) is 0 Å². The van der Waals surface area contributed by atoms with Crippen LogP contribution in [-0.4, -0.2) is 28.9 Å². The standard InChI is InChI=1S/C23H18BrNO5/c24-19-11-5-10-17(21(19)26)20(22(27)28)25-23(29)30-12-18-15-8-3-1-6-13(15)14-7-2-4-9-16(14)18/h1-11,18,20,26H,12H2,(H,25,29)(H,27,28). The molecule has 0 saturated carbocycles.